The van der Waals surface area contributed by atoms with Crippen LogP contribution in [0, 0.1) is 0 Å². The smallest absolute Gasteiger partial charge is 0.273 e. The number of amides is 1. The Kier molecular flexibility index (Phi) is 5.91. The van der Waals surface area contributed by atoms with Crippen LogP contribution < -0.4 is 4.74 Å². The normalized spacial score (nSPS) is 10.6. The maximum absolute atomic E-state index is 12.3. The van der Waals surface area contributed by atoms with E-state index in [1.165, 1.54) is 11.3 Å². The molecule has 0 saturated heterocycles. The molecule has 0 atom stereocenters. The molecule has 134 valence electrons. The van der Waals surface area contributed by atoms with E-state index in [0.29, 0.717) is 23.9 Å². The van der Waals surface area contributed by atoms with Crippen molar-refractivity contribution < 1.29 is 9.53 Å². The predicted octanol–water partition coefficient (Wildman–Crippen LogP) is 5.13. The van der Waals surface area contributed by atoms with Gasteiger partial charge in [0.2, 0.25) is 0 Å². The van der Waals surface area contributed by atoms with Gasteiger partial charge in [-0.1, -0.05) is 35.9 Å². The minimum atomic E-state index is -0.0745. The number of carbonyl (C=O) groups excluding carboxylic acids is 1. The fraction of sp³-hybridized carbons (Fsp3) is 0.200. The average molecular weight is 387 g/mol. The van der Waals surface area contributed by atoms with E-state index in [4.69, 9.17) is 16.3 Å². The lowest BCUT2D eigenvalue weighted by Crippen LogP contribution is -2.26. The topological polar surface area (TPSA) is 42.4 Å². The first-order valence-electron chi connectivity index (χ1n) is 8.26. The number of thiazole rings is 1. The first-order chi connectivity index (χ1) is 12.6. The summed E-state index contributed by atoms with van der Waals surface area (Å²) in [5.74, 6) is 0.661. The third-order valence-corrected chi connectivity index (χ3v) is 5.10. The number of benzene rings is 2. The fourth-order valence-electron chi connectivity index (χ4n) is 2.35. The molecule has 2 aromatic carbocycles. The van der Waals surface area contributed by atoms with Gasteiger partial charge in [0, 0.05) is 24.0 Å². The van der Waals surface area contributed by atoms with E-state index in [1.54, 1.807) is 17.3 Å². The van der Waals surface area contributed by atoms with Crippen molar-refractivity contribution >= 4 is 28.8 Å². The van der Waals surface area contributed by atoms with Gasteiger partial charge in [-0.2, -0.15) is 0 Å². The Balaban J connectivity index is 1.80. The Morgan fingerprint density at radius 2 is 1.92 bits per heavy atom. The van der Waals surface area contributed by atoms with E-state index in [9.17, 15) is 4.79 Å². The minimum absolute atomic E-state index is 0.0745. The zero-order chi connectivity index (χ0) is 18.5. The van der Waals surface area contributed by atoms with Gasteiger partial charge < -0.3 is 9.64 Å². The van der Waals surface area contributed by atoms with Crippen LogP contribution in [-0.2, 0) is 6.61 Å². The first kappa shape index (κ1) is 18.4. The molecule has 0 saturated carbocycles. The second kappa shape index (κ2) is 8.34. The molecule has 0 aliphatic heterocycles. The number of rotatable bonds is 6. The fourth-order valence-corrected chi connectivity index (χ4v) is 3.30. The van der Waals surface area contributed by atoms with Crippen LogP contribution in [0.3, 0.4) is 0 Å². The lowest BCUT2D eigenvalue weighted by atomic mass is 10.2. The van der Waals surface area contributed by atoms with Crippen LogP contribution in [0.25, 0.3) is 10.6 Å². The Morgan fingerprint density at radius 3 is 2.65 bits per heavy atom. The van der Waals surface area contributed by atoms with Crippen molar-refractivity contribution in [2.45, 2.75) is 13.5 Å². The molecule has 0 aliphatic rings. The van der Waals surface area contributed by atoms with Gasteiger partial charge in [-0.3, -0.25) is 4.79 Å². The summed E-state index contributed by atoms with van der Waals surface area (Å²) >= 11 is 7.36. The standard InChI is InChI=1S/C20H19ClN2O2S/c1-3-23(2)20(24)17-13-26-19(22-17)16-6-4-5-7-18(16)25-12-14-8-10-15(21)11-9-14/h4-11,13H,3,12H2,1-2H3. The number of para-hydroxylation sites is 1. The number of hydrogen-bond donors (Lipinski definition) is 0. The predicted molar refractivity (Wildman–Crippen MR) is 106 cm³/mol. The Morgan fingerprint density at radius 1 is 1.19 bits per heavy atom. The van der Waals surface area contributed by atoms with Gasteiger partial charge in [0.05, 0.1) is 5.56 Å². The highest BCUT2D eigenvalue weighted by atomic mass is 35.5. The molecule has 0 fully saturated rings. The van der Waals surface area contributed by atoms with Gasteiger partial charge in [-0.05, 0) is 36.8 Å². The highest BCUT2D eigenvalue weighted by Gasteiger charge is 2.16. The number of aromatic nitrogens is 1. The summed E-state index contributed by atoms with van der Waals surface area (Å²) in [4.78, 5) is 18.4. The van der Waals surface area contributed by atoms with Gasteiger partial charge in [0.25, 0.3) is 5.91 Å². The van der Waals surface area contributed by atoms with Crippen molar-refractivity contribution in [1.82, 2.24) is 9.88 Å². The molecule has 1 heterocycles. The van der Waals surface area contributed by atoms with Gasteiger partial charge in [0.1, 0.15) is 23.1 Å². The molecule has 0 aliphatic carbocycles. The van der Waals surface area contributed by atoms with Crippen LogP contribution >= 0.6 is 22.9 Å². The quantitative estimate of drug-likeness (QED) is 0.589. The van der Waals surface area contributed by atoms with E-state index in [-0.39, 0.29) is 5.91 Å². The molecule has 26 heavy (non-hydrogen) atoms. The van der Waals surface area contributed by atoms with Crippen molar-refractivity contribution in [2.24, 2.45) is 0 Å². The summed E-state index contributed by atoms with van der Waals surface area (Å²) < 4.78 is 5.98. The van der Waals surface area contributed by atoms with Crippen LogP contribution in [0.2, 0.25) is 5.02 Å². The van der Waals surface area contributed by atoms with E-state index in [1.807, 2.05) is 55.5 Å². The highest BCUT2D eigenvalue weighted by Crippen LogP contribution is 2.33. The number of carbonyl (C=O) groups is 1. The summed E-state index contributed by atoms with van der Waals surface area (Å²) in [5.41, 5.74) is 2.37. The first-order valence-corrected chi connectivity index (χ1v) is 9.52. The number of nitrogens with zero attached hydrogens (tertiary/aromatic N) is 2. The molecule has 4 nitrogen and oxygen atoms in total. The maximum atomic E-state index is 12.3. The zero-order valence-corrected chi connectivity index (χ0v) is 16.2. The van der Waals surface area contributed by atoms with Crippen LogP contribution in [0.4, 0.5) is 0 Å². The number of halogens is 1. The van der Waals surface area contributed by atoms with Gasteiger partial charge >= 0.3 is 0 Å². The largest absolute Gasteiger partial charge is 0.488 e. The molecule has 0 radical (unpaired) electrons. The molecular formula is C20H19ClN2O2S. The summed E-state index contributed by atoms with van der Waals surface area (Å²) in [6.07, 6.45) is 0. The second-order valence-corrected chi connectivity index (χ2v) is 7.06. The second-order valence-electron chi connectivity index (χ2n) is 5.77. The monoisotopic (exact) mass is 386 g/mol. The molecule has 0 spiro atoms. The third kappa shape index (κ3) is 4.23. The van der Waals surface area contributed by atoms with E-state index in [2.05, 4.69) is 4.98 Å². The SMILES string of the molecule is CCN(C)C(=O)c1csc(-c2ccccc2OCc2ccc(Cl)cc2)n1. The van der Waals surface area contributed by atoms with Crippen molar-refractivity contribution in [3.05, 3.63) is 70.2 Å². The third-order valence-electron chi connectivity index (χ3n) is 3.97. The van der Waals surface area contributed by atoms with E-state index < -0.39 is 0 Å². The van der Waals surface area contributed by atoms with E-state index >= 15 is 0 Å². The van der Waals surface area contributed by atoms with Crippen molar-refractivity contribution in [2.75, 3.05) is 13.6 Å². The number of hydrogen-bond acceptors (Lipinski definition) is 4. The van der Waals surface area contributed by atoms with Gasteiger partial charge in [0.15, 0.2) is 0 Å². The summed E-state index contributed by atoms with van der Waals surface area (Å²) in [6, 6.07) is 15.3. The minimum Gasteiger partial charge on any atom is -0.488 e. The summed E-state index contributed by atoms with van der Waals surface area (Å²) in [5, 5.41) is 3.26. The van der Waals surface area contributed by atoms with E-state index in [0.717, 1.165) is 21.9 Å². The van der Waals surface area contributed by atoms with Crippen molar-refractivity contribution in [1.29, 1.82) is 0 Å². The van der Waals surface area contributed by atoms with Gasteiger partial charge in [-0.25, -0.2) is 4.98 Å². The molecule has 1 amide bonds. The van der Waals surface area contributed by atoms with Crippen LogP contribution in [0.1, 0.15) is 23.0 Å². The van der Waals surface area contributed by atoms with Crippen molar-refractivity contribution in [3.8, 4) is 16.3 Å². The Hall–Kier alpha value is -2.37. The highest BCUT2D eigenvalue weighted by molar-refractivity contribution is 7.13. The summed E-state index contributed by atoms with van der Waals surface area (Å²) in [6.45, 7) is 3.02. The molecule has 0 unspecified atom stereocenters. The van der Waals surface area contributed by atoms with Crippen LogP contribution in [0.15, 0.2) is 53.9 Å². The van der Waals surface area contributed by atoms with Gasteiger partial charge in [-0.15, -0.1) is 11.3 Å². The maximum Gasteiger partial charge on any atom is 0.273 e. The summed E-state index contributed by atoms with van der Waals surface area (Å²) in [7, 11) is 1.77. The molecule has 1 aromatic heterocycles. The molecule has 6 heteroatoms. The average Bonchev–Trinajstić information content (AvgIpc) is 3.16. The molecule has 0 bridgehead atoms. The Labute approximate surface area is 162 Å². The van der Waals surface area contributed by atoms with Crippen LogP contribution in [-0.4, -0.2) is 29.4 Å². The molecular weight excluding hydrogens is 368 g/mol. The molecule has 3 aromatic rings. The van der Waals surface area contributed by atoms with Crippen LogP contribution in [0.5, 0.6) is 5.75 Å². The van der Waals surface area contributed by atoms with Crippen molar-refractivity contribution in [3.63, 3.8) is 0 Å². The number of ether oxygens (including phenoxy) is 1. The Bertz CT molecular complexity index is 893. The lowest BCUT2D eigenvalue weighted by Gasteiger charge is -2.12. The molecule has 0 N–H and O–H groups in total. The molecule has 3 rings (SSSR count). The lowest BCUT2D eigenvalue weighted by molar-refractivity contribution is 0.0797. The zero-order valence-electron chi connectivity index (χ0n) is 14.6.